The van der Waals surface area contributed by atoms with Crippen molar-refractivity contribution in [1.29, 1.82) is 0 Å². The molecule has 1 saturated carbocycles. The van der Waals surface area contributed by atoms with Crippen molar-refractivity contribution in [3.63, 3.8) is 0 Å². The van der Waals surface area contributed by atoms with Gasteiger partial charge in [0.2, 0.25) is 11.8 Å². The molecule has 6 rings (SSSR count). The third-order valence-electron chi connectivity index (χ3n) is 9.29. The number of aromatic nitrogens is 4. The van der Waals surface area contributed by atoms with E-state index in [1.807, 2.05) is 12.1 Å². The van der Waals surface area contributed by atoms with Gasteiger partial charge in [0.15, 0.2) is 11.6 Å². The van der Waals surface area contributed by atoms with E-state index in [2.05, 4.69) is 20.4 Å². The Kier molecular flexibility index (Phi) is 7.43. The lowest BCUT2D eigenvalue weighted by Crippen LogP contribution is -2.44. The van der Waals surface area contributed by atoms with Crippen LogP contribution in [-0.4, -0.2) is 72.4 Å². The molecule has 2 aromatic heterocycles. The van der Waals surface area contributed by atoms with Gasteiger partial charge in [-0.1, -0.05) is 6.92 Å². The number of Topliss-reactive ketones (excluding diaryl/α,β-unsaturated/α-hetero) is 3. The largest absolute Gasteiger partial charge is 0.356 e. The van der Waals surface area contributed by atoms with Crippen LogP contribution in [0.2, 0.25) is 0 Å². The van der Waals surface area contributed by atoms with Gasteiger partial charge < -0.3 is 10.2 Å². The van der Waals surface area contributed by atoms with Crippen molar-refractivity contribution < 1.29 is 24.0 Å². The summed E-state index contributed by atoms with van der Waals surface area (Å²) in [6.45, 7) is 5.21. The number of nitrogens with one attached hydrogen (secondary N) is 1. The molecule has 43 heavy (non-hydrogen) atoms. The first kappa shape index (κ1) is 28.8. The van der Waals surface area contributed by atoms with Gasteiger partial charge in [-0.25, -0.2) is 9.97 Å². The summed E-state index contributed by atoms with van der Waals surface area (Å²) in [7, 11) is 0. The molecule has 0 radical (unpaired) electrons. The second-order valence-corrected chi connectivity index (χ2v) is 12.2. The van der Waals surface area contributed by atoms with Gasteiger partial charge in [0.05, 0.1) is 18.0 Å². The highest BCUT2D eigenvalue weighted by Gasteiger charge is 2.66. The highest BCUT2D eigenvalue weighted by atomic mass is 16.2. The quantitative estimate of drug-likeness (QED) is 0.461. The first-order valence-electron chi connectivity index (χ1n) is 15.1. The second kappa shape index (κ2) is 11.1. The van der Waals surface area contributed by atoms with Gasteiger partial charge in [-0.3, -0.25) is 28.7 Å². The maximum Gasteiger partial charge on any atom is 0.245 e. The predicted molar refractivity (Wildman–Crippen MR) is 157 cm³/mol. The van der Waals surface area contributed by atoms with Crippen LogP contribution in [0.25, 0.3) is 22.0 Å². The molecule has 2 amide bonds. The van der Waals surface area contributed by atoms with Crippen LogP contribution in [0.3, 0.4) is 0 Å². The summed E-state index contributed by atoms with van der Waals surface area (Å²) in [5.41, 5.74) is 2.56. The molecule has 0 unspecified atom stereocenters. The summed E-state index contributed by atoms with van der Waals surface area (Å²) in [6.07, 6.45) is 6.98. The van der Waals surface area contributed by atoms with E-state index in [0.717, 1.165) is 12.0 Å². The molecule has 2 fully saturated rings. The number of ketones is 3. The predicted octanol–water partition coefficient (Wildman–Crippen LogP) is 3.14. The molecule has 1 N–H and O–H groups in total. The van der Waals surface area contributed by atoms with Gasteiger partial charge in [0.1, 0.15) is 23.8 Å². The maximum absolute atomic E-state index is 14.0. The molecular weight excluding hydrogens is 548 g/mol. The fourth-order valence-corrected chi connectivity index (χ4v) is 6.96. The van der Waals surface area contributed by atoms with E-state index >= 15 is 0 Å². The van der Waals surface area contributed by atoms with E-state index in [-0.39, 0.29) is 59.3 Å². The van der Waals surface area contributed by atoms with Crippen molar-refractivity contribution in [2.75, 3.05) is 6.54 Å². The van der Waals surface area contributed by atoms with Crippen molar-refractivity contribution >= 4 is 40.1 Å². The molecule has 2 aliphatic heterocycles. The molecule has 2 bridgehead atoms. The fraction of sp³-hybridized carbons (Fsp3) is 0.500. The fourth-order valence-electron chi connectivity index (χ4n) is 6.96. The molecule has 1 aliphatic carbocycles. The molecule has 4 heterocycles. The van der Waals surface area contributed by atoms with Crippen molar-refractivity contribution in [1.82, 2.24) is 30.0 Å². The molecule has 3 aliphatic rings. The van der Waals surface area contributed by atoms with E-state index in [1.165, 1.54) is 11.6 Å². The summed E-state index contributed by atoms with van der Waals surface area (Å²) in [6, 6.07) is 3.06. The number of hydrogen-bond donors (Lipinski definition) is 1. The average Bonchev–Trinajstić information content (AvgIpc) is 3.39. The van der Waals surface area contributed by atoms with Crippen LogP contribution in [0.4, 0.5) is 0 Å². The first-order valence-corrected chi connectivity index (χ1v) is 15.1. The van der Waals surface area contributed by atoms with Crippen molar-refractivity contribution in [3.8, 4) is 11.1 Å². The molecule has 1 aromatic carbocycles. The zero-order valence-electron chi connectivity index (χ0n) is 24.8. The number of benzene rings is 1. The number of piperidine rings is 1. The van der Waals surface area contributed by atoms with E-state index in [1.54, 1.807) is 31.1 Å². The molecule has 3 aromatic rings. The molecule has 1 saturated heterocycles. The van der Waals surface area contributed by atoms with Gasteiger partial charge in [-0.05, 0) is 61.3 Å². The Morgan fingerprint density at radius 3 is 2.56 bits per heavy atom. The van der Waals surface area contributed by atoms with E-state index in [4.69, 9.17) is 0 Å². The van der Waals surface area contributed by atoms with Crippen molar-refractivity contribution in [2.24, 2.45) is 5.41 Å². The SMILES string of the molecule is CCC(=O)[C@@H]1C[C@]23CCC(=O)CCCNC(=O)Cc4cc(-c5cnc(C)nc5)cc5c(C(C)=O)nn(c45)CC(=O)N1[C@@H]2C3. The standard InChI is InChI=1S/C32H36N6O5/c1-4-26(41)25-13-32-8-7-23(40)6-5-9-33-28(42)12-21-10-20(22-15-34-19(3)35-16-22)11-24-30(18(2)39)36-37(31(21)24)17-29(43)38(25)27(32)14-32/h10-11,15-16,25,27H,4-9,12-14,17H2,1-3H3,(H,33,42)/t25-,27+,32-/m0/s1. The minimum atomic E-state index is -0.530. The number of carbonyl (C=O) groups excluding carboxylic acids is 5. The summed E-state index contributed by atoms with van der Waals surface area (Å²) < 4.78 is 1.52. The Labute approximate surface area is 249 Å². The summed E-state index contributed by atoms with van der Waals surface area (Å²) in [5.74, 6) is 0.000370. The van der Waals surface area contributed by atoms with Gasteiger partial charge >= 0.3 is 0 Å². The normalized spacial score (nSPS) is 24.4. The van der Waals surface area contributed by atoms with E-state index < -0.39 is 6.04 Å². The number of nitrogens with zero attached hydrogens (tertiary/aromatic N) is 5. The lowest BCUT2D eigenvalue weighted by Gasteiger charge is -2.26. The van der Waals surface area contributed by atoms with E-state index in [0.29, 0.717) is 72.9 Å². The zero-order chi connectivity index (χ0) is 30.5. The highest BCUT2D eigenvalue weighted by Crippen LogP contribution is 2.62. The van der Waals surface area contributed by atoms with Crippen molar-refractivity contribution in [3.05, 3.63) is 41.6 Å². The number of carbonyl (C=O) groups is 5. The lowest BCUT2D eigenvalue weighted by atomic mass is 9.90. The van der Waals surface area contributed by atoms with Crippen LogP contribution in [0.15, 0.2) is 24.5 Å². The first-order chi connectivity index (χ1) is 20.6. The van der Waals surface area contributed by atoms with Crippen LogP contribution < -0.4 is 5.32 Å². The number of aryl methyl sites for hydroxylation is 1. The van der Waals surface area contributed by atoms with Gasteiger partial charge in [0.25, 0.3) is 0 Å². The number of hydrogen-bond acceptors (Lipinski definition) is 8. The Bertz CT molecular complexity index is 1660. The Morgan fingerprint density at radius 1 is 1.07 bits per heavy atom. The average molecular weight is 585 g/mol. The van der Waals surface area contributed by atoms with Gasteiger partial charge in [0, 0.05) is 62.1 Å². The summed E-state index contributed by atoms with van der Waals surface area (Å²) in [5, 5.41) is 8.06. The highest BCUT2D eigenvalue weighted by molar-refractivity contribution is 6.07. The minimum Gasteiger partial charge on any atom is -0.356 e. The van der Waals surface area contributed by atoms with Gasteiger partial charge in [-0.15, -0.1) is 0 Å². The van der Waals surface area contributed by atoms with Crippen LogP contribution in [0.5, 0.6) is 0 Å². The molecular formula is C32H36N6O5. The van der Waals surface area contributed by atoms with Crippen LogP contribution in [0.1, 0.15) is 80.7 Å². The zero-order valence-corrected chi connectivity index (χ0v) is 24.8. The van der Waals surface area contributed by atoms with Crippen molar-refractivity contribution in [2.45, 2.75) is 90.8 Å². The minimum absolute atomic E-state index is 0.0118. The maximum atomic E-state index is 14.0. The number of rotatable bonds is 4. The van der Waals surface area contributed by atoms with Gasteiger partial charge in [-0.2, -0.15) is 5.10 Å². The third-order valence-corrected chi connectivity index (χ3v) is 9.29. The summed E-state index contributed by atoms with van der Waals surface area (Å²) in [4.78, 5) is 76.0. The molecule has 224 valence electrons. The third kappa shape index (κ3) is 5.36. The smallest absolute Gasteiger partial charge is 0.245 e. The lowest BCUT2D eigenvalue weighted by molar-refractivity contribution is -0.139. The monoisotopic (exact) mass is 584 g/mol. The molecule has 11 nitrogen and oxygen atoms in total. The Morgan fingerprint density at radius 2 is 1.84 bits per heavy atom. The Balaban J connectivity index is 1.47. The molecule has 3 atom stereocenters. The topological polar surface area (TPSA) is 144 Å². The van der Waals surface area contributed by atoms with E-state index in [9.17, 15) is 24.0 Å². The second-order valence-electron chi connectivity index (χ2n) is 12.2. The van der Waals surface area contributed by atoms with Crippen LogP contribution in [-0.2, 0) is 32.1 Å². The molecule has 0 spiro atoms. The van der Waals surface area contributed by atoms with Crippen LogP contribution >= 0.6 is 0 Å². The van der Waals surface area contributed by atoms with Crippen LogP contribution in [0, 0.1) is 12.3 Å². The summed E-state index contributed by atoms with van der Waals surface area (Å²) >= 11 is 0. The Hall–Kier alpha value is -4.28. The number of amides is 2. The molecule has 11 heteroatoms.